The van der Waals surface area contributed by atoms with Gasteiger partial charge in [-0.05, 0) is 69.5 Å². The van der Waals surface area contributed by atoms with E-state index in [1.54, 1.807) is 0 Å². The molecular formula is C21H27N3O. The van der Waals surface area contributed by atoms with Crippen LogP contribution in [-0.4, -0.2) is 25.0 Å². The van der Waals surface area contributed by atoms with E-state index in [0.717, 1.165) is 24.5 Å². The van der Waals surface area contributed by atoms with Crippen molar-refractivity contribution in [1.82, 2.24) is 0 Å². The van der Waals surface area contributed by atoms with E-state index >= 15 is 0 Å². The first kappa shape index (κ1) is 17.3. The molecule has 0 aromatic heterocycles. The molecule has 1 aliphatic rings. The van der Waals surface area contributed by atoms with Gasteiger partial charge in [0.15, 0.2) is 0 Å². The van der Waals surface area contributed by atoms with Crippen LogP contribution in [0.2, 0.25) is 0 Å². The zero-order valence-corrected chi connectivity index (χ0v) is 15.1. The Labute approximate surface area is 150 Å². The quantitative estimate of drug-likeness (QED) is 0.848. The molecule has 1 saturated heterocycles. The maximum atomic E-state index is 12.4. The van der Waals surface area contributed by atoms with Crippen molar-refractivity contribution in [2.24, 2.45) is 0 Å². The molecule has 2 aromatic carbocycles. The summed E-state index contributed by atoms with van der Waals surface area (Å²) >= 11 is 0. The highest BCUT2D eigenvalue weighted by molar-refractivity contribution is 5.96. The highest BCUT2D eigenvalue weighted by atomic mass is 16.2. The fourth-order valence-electron chi connectivity index (χ4n) is 3.12. The van der Waals surface area contributed by atoms with Crippen molar-refractivity contribution in [2.45, 2.75) is 39.2 Å². The maximum absolute atomic E-state index is 12.4. The normalized spacial score (nSPS) is 15.5. The lowest BCUT2D eigenvalue weighted by Gasteiger charge is -2.28. The highest BCUT2D eigenvalue weighted by Crippen LogP contribution is 2.22. The van der Waals surface area contributed by atoms with Crippen LogP contribution in [0.15, 0.2) is 48.5 Å². The molecule has 25 heavy (non-hydrogen) atoms. The van der Waals surface area contributed by atoms with Gasteiger partial charge in [-0.1, -0.05) is 17.7 Å². The van der Waals surface area contributed by atoms with Gasteiger partial charge in [0, 0.05) is 30.2 Å². The average molecular weight is 337 g/mol. The summed E-state index contributed by atoms with van der Waals surface area (Å²) in [7, 11) is 0. The molecule has 1 amide bonds. The number of hydrogen-bond acceptors (Lipinski definition) is 3. The average Bonchev–Trinajstić information content (AvgIpc) is 2.65. The van der Waals surface area contributed by atoms with E-state index in [0.29, 0.717) is 0 Å². The van der Waals surface area contributed by atoms with E-state index in [9.17, 15) is 4.79 Å². The molecular weight excluding hydrogens is 310 g/mol. The van der Waals surface area contributed by atoms with Crippen LogP contribution in [0.4, 0.5) is 17.1 Å². The number of nitrogens with one attached hydrogen (secondary N) is 2. The van der Waals surface area contributed by atoms with Crippen LogP contribution in [-0.2, 0) is 4.79 Å². The molecule has 1 unspecified atom stereocenters. The maximum Gasteiger partial charge on any atom is 0.246 e. The van der Waals surface area contributed by atoms with Gasteiger partial charge in [0.25, 0.3) is 0 Å². The van der Waals surface area contributed by atoms with E-state index < -0.39 is 0 Å². The van der Waals surface area contributed by atoms with Crippen molar-refractivity contribution >= 4 is 23.0 Å². The number of aryl methyl sites for hydroxylation is 1. The Bertz CT molecular complexity index is 688. The van der Waals surface area contributed by atoms with E-state index in [1.807, 2.05) is 50.2 Å². The topological polar surface area (TPSA) is 44.4 Å². The minimum atomic E-state index is -0.301. The number of nitrogens with zero attached hydrogens (tertiary/aromatic N) is 1. The van der Waals surface area contributed by atoms with Gasteiger partial charge >= 0.3 is 0 Å². The Balaban J connectivity index is 1.55. The Morgan fingerprint density at radius 3 is 2.16 bits per heavy atom. The van der Waals surface area contributed by atoms with Crippen molar-refractivity contribution in [3.63, 3.8) is 0 Å². The van der Waals surface area contributed by atoms with Gasteiger partial charge in [-0.25, -0.2) is 0 Å². The van der Waals surface area contributed by atoms with Crippen molar-refractivity contribution in [3.8, 4) is 0 Å². The lowest BCUT2D eigenvalue weighted by atomic mass is 10.1. The summed E-state index contributed by atoms with van der Waals surface area (Å²) in [6, 6.07) is 15.9. The molecule has 4 heteroatoms. The van der Waals surface area contributed by atoms with Gasteiger partial charge in [-0.15, -0.1) is 0 Å². The summed E-state index contributed by atoms with van der Waals surface area (Å²) in [5.74, 6) is -0.0358. The fourth-order valence-corrected chi connectivity index (χ4v) is 3.12. The molecule has 1 atom stereocenters. The number of carbonyl (C=O) groups is 1. The van der Waals surface area contributed by atoms with E-state index in [2.05, 4.69) is 27.7 Å². The number of carbonyl (C=O) groups excluding carboxylic acids is 1. The first-order chi connectivity index (χ1) is 12.1. The number of benzene rings is 2. The Kier molecular flexibility index (Phi) is 5.59. The van der Waals surface area contributed by atoms with Crippen LogP contribution in [0, 0.1) is 6.92 Å². The van der Waals surface area contributed by atoms with Crippen molar-refractivity contribution in [3.05, 3.63) is 54.1 Å². The van der Waals surface area contributed by atoms with Crippen molar-refractivity contribution < 1.29 is 4.79 Å². The third-order valence-electron chi connectivity index (χ3n) is 4.68. The van der Waals surface area contributed by atoms with Crippen LogP contribution < -0.4 is 15.5 Å². The molecule has 1 aliphatic heterocycles. The third-order valence-corrected chi connectivity index (χ3v) is 4.68. The van der Waals surface area contributed by atoms with Crippen molar-refractivity contribution in [2.75, 3.05) is 28.6 Å². The van der Waals surface area contributed by atoms with E-state index in [1.165, 1.54) is 30.5 Å². The molecule has 1 fully saturated rings. The van der Waals surface area contributed by atoms with Crippen LogP contribution in [0.3, 0.4) is 0 Å². The molecule has 4 nitrogen and oxygen atoms in total. The molecule has 0 bridgehead atoms. The Morgan fingerprint density at radius 1 is 0.920 bits per heavy atom. The lowest BCUT2D eigenvalue weighted by Crippen LogP contribution is -2.32. The second-order valence-corrected chi connectivity index (χ2v) is 6.82. The molecule has 2 aromatic rings. The molecule has 2 N–H and O–H groups in total. The Hall–Kier alpha value is -2.49. The number of anilines is 3. The van der Waals surface area contributed by atoms with Crippen molar-refractivity contribution in [1.29, 1.82) is 0 Å². The molecule has 1 heterocycles. The lowest BCUT2D eigenvalue weighted by molar-refractivity contribution is -0.116. The summed E-state index contributed by atoms with van der Waals surface area (Å²) in [6.45, 7) is 6.18. The molecule has 132 valence electrons. The zero-order chi connectivity index (χ0) is 17.6. The van der Waals surface area contributed by atoms with Gasteiger partial charge in [-0.3, -0.25) is 4.79 Å². The Morgan fingerprint density at radius 2 is 1.52 bits per heavy atom. The molecule has 0 saturated carbocycles. The smallest absolute Gasteiger partial charge is 0.246 e. The summed E-state index contributed by atoms with van der Waals surface area (Å²) in [5, 5.41) is 6.22. The predicted molar refractivity (Wildman–Crippen MR) is 105 cm³/mol. The minimum absolute atomic E-state index is 0.0358. The summed E-state index contributed by atoms with van der Waals surface area (Å²) in [6.07, 6.45) is 3.86. The number of piperidine rings is 1. The first-order valence-electron chi connectivity index (χ1n) is 9.11. The second kappa shape index (κ2) is 8.06. The molecule has 0 aliphatic carbocycles. The molecule has 0 spiro atoms. The summed E-state index contributed by atoms with van der Waals surface area (Å²) in [4.78, 5) is 14.8. The van der Waals surface area contributed by atoms with Crippen LogP contribution in [0.1, 0.15) is 31.7 Å². The van der Waals surface area contributed by atoms with Gasteiger partial charge in [0.1, 0.15) is 6.04 Å². The predicted octanol–water partition coefficient (Wildman–Crippen LogP) is 4.42. The number of hydrogen-bond donors (Lipinski definition) is 2. The minimum Gasteiger partial charge on any atom is -0.374 e. The van der Waals surface area contributed by atoms with Crippen LogP contribution in [0.5, 0.6) is 0 Å². The monoisotopic (exact) mass is 337 g/mol. The standard InChI is InChI=1S/C21H27N3O/c1-16-6-8-18(9-7-16)22-17(2)21(25)23-19-10-12-20(13-11-19)24-14-4-3-5-15-24/h6-13,17,22H,3-5,14-15H2,1-2H3,(H,23,25). The number of amides is 1. The molecule has 3 rings (SSSR count). The van der Waals surface area contributed by atoms with Crippen LogP contribution >= 0.6 is 0 Å². The van der Waals surface area contributed by atoms with Gasteiger partial charge < -0.3 is 15.5 Å². The number of rotatable bonds is 5. The van der Waals surface area contributed by atoms with Crippen LogP contribution in [0.25, 0.3) is 0 Å². The van der Waals surface area contributed by atoms with Gasteiger partial charge in [0.05, 0.1) is 0 Å². The largest absolute Gasteiger partial charge is 0.374 e. The fraction of sp³-hybridized carbons (Fsp3) is 0.381. The van der Waals surface area contributed by atoms with Gasteiger partial charge in [-0.2, -0.15) is 0 Å². The first-order valence-corrected chi connectivity index (χ1v) is 9.11. The SMILES string of the molecule is Cc1ccc(NC(C)C(=O)Nc2ccc(N3CCCCC3)cc2)cc1. The summed E-state index contributed by atoms with van der Waals surface area (Å²) < 4.78 is 0. The van der Waals surface area contributed by atoms with E-state index in [-0.39, 0.29) is 11.9 Å². The highest BCUT2D eigenvalue weighted by Gasteiger charge is 2.14. The van der Waals surface area contributed by atoms with E-state index in [4.69, 9.17) is 0 Å². The second-order valence-electron chi connectivity index (χ2n) is 6.82. The molecule has 0 radical (unpaired) electrons. The third kappa shape index (κ3) is 4.75. The van der Waals surface area contributed by atoms with Gasteiger partial charge in [0.2, 0.25) is 5.91 Å². The summed E-state index contributed by atoms with van der Waals surface area (Å²) in [5.41, 5.74) is 4.23. The zero-order valence-electron chi connectivity index (χ0n) is 15.1.